The lowest BCUT2D eigenvalue weighted by atomic mass is 9.93. The summed E-state index contributed by atoms with van der Waals surface area (Å²) in [5.41, 5.74) is 8.88. The van der Waals surface area contributed by atoms with Crippen LogP contribution in [0.5, 0.6) is 0 Å². The number of anilines is 4. The molecule has 1 aromatic heterocycles. The molecule has 0 aliphatic carbocycles. The molecule has 0 radical (unpaired) electrons. The van der Waals surface area contributed by atoms with Gasteiger partial charge in [0.05, 0.1) is 33.8 Å². The Balaban J connectivity index is 1.33. The number of aryl methyl sites for hydroxylation is 4. The summed E-state index contributed by atoms with van der Waals surface area (Å²) in [6.07, 6.45) is 0.277. The van der Waals surface area contributed by atoms with Crippen molar-refractivity contribution in [2.24, 2.45) is 0 Å². The first-order valence-corrected chi connectivity index (χ1v) is 17.9. The van der Waals surface area contributed by atoms with Gasteiger partial charge in [0.1, 0.15) is 6.04 Å². The summed E-state index contributed by atoms with van der Waals surface area (Å²) >= 11 is 0. The Bertz CT molecular complexity index is 2490. The minimum Gasteiger partial charge on any atom is -0.545 e. The van der Waals surface area contributed by atoms with Crippen LogP contribution in [0.15, 0.2) is 100 Å². The number of carbonyl (C=O) groups is 2. The smallest absolute Gasteiger partial charge is 0.363 e. The molecule has 10 nitrogen and oxygen atoms in total. The Morgan fingerprint density at radius 3 is 1.82 bits per heavy atom. The van der Waals surface area contributed by atoms with Gasteiger partial charge in [-0.15, -0.1) is 0 Å². The third-order valence-corrected chi connectivity index (χ3v) is 11.4. The van der Waals surface area contributed by atoms with Crippen molar-refractivity contribution in [2.75, 3.05) is 17.2 Å². The minimum absolute atomic E-state index is 0.0375. The molecule has 1 aliphatic heterocycles. The van der Waals surface area contributed by atoms with E-state index < -0.39 is 28.0 Å². The lowest BCUT2D eigenvalue weighted by Crippen LogP contribution is -2.54. The zero-order chi connectivity index (χ0) is 36.2. The summed E-state index contributed by atoms with van der Waals surface area (Å²) in [7, 11) is -3.99. The quantitative estimate of drug-likeness (QED) is 0.103. The van der Waals surface area contributed by atoms with Crippen LogP contribution < -0.4 is 15.7 Å². The van der Waals surface area contributed by atoms with Gasteiger partial charge < -0.3 is 25.6 Å². The van der Waals surface area contributed by atoms with Crippen LogP contribution in [0.25, 0.3) is 33.1 Å². The second-order valence-corrected chi connectivity index (χ2v) is 14.8. The number of carbonyl (C=O) groups excluding carboxylic acids is 1. The SMILES string of the molecule is Cc1cccc(C)c1Nc1ccc2c(-c3ccccc3C(=O)[O-])c3ccc(Nc4c(C)cc(S(=O)(=O)N5CCC5C(=O)O)cc4C)cc3[o+]c2c1. The number of aliphatic carboxylic acids is 1. The number of nitrogens with one attached hydrogen (secondary N) is 2. The highest BCUT2D eigenvalue weighted by Crippen LogP contribution is 2.41. The molecular formula is C40H35N3O7S. The van der Waals surface area contributed by atoms with Crippen LogP contribution in [0.3, 0.4) is 0 Å². The Morgan fingerprint density at radius 1 is 0.765 bits per heavy atom. The number of sulfonamides is 1. The van der Waals surface area contributed by atoms with Gasteiger partial charge >= 0.3 is 17.1 Å². The van der Waals surface area contributed by atoms with E-state index in [0.717, 1.165) is 32.2 Å². The van der Waals surface area contributed by atoms with Crippen molar-refractivity contribution in [3.05, 3.63) is 119 Å². The van der Waals surface area contributed by atoms with Gasteiger partial charge in [0, 0.05) is 40.4 Å². The fourth-order valence-corrected chi connectivity index (χ4v) is 8.62. The standard InChI is InChI=1S/C40H35N3O7S/c1-22-8-7-9-23(2)37(22)41-26-12-14-31-34(20-26)50-35-21-27(13-15-32(35)36(31)29-10-5-6-11-30(29)39(44)45)42-38-24(3)18-28(19-25(38)4)51(48,49)43-17-16-33(43)40(46)47/h5-15,18-21,33,41-42H,16-17H2,1-4H3,(H-,44,45,46,47). The van der Waals surface area contributed by atoms with E-state index in [1.54, 1.807) is 44.2 Å². The van der Waals surface area contributed by atoms with Gasteiger partial charge in [-0.3, -0.25) is 4.79 Å². The van der Waals surface area contributed by atoms with Gasteiger partial charge in [-0.25, -0.2) is 12.8 Å². The first-order valence-electron chi connectivity index (χ1n) is 16.4. The molecule has 0 spiro atoms. The van der Waals surface area contributed by atoms with Crippen molar-refractivity contribution in [1.29, 1.82) is 0 Å². The molecule has 0 bridgehead atoms. The fourth-order valence-electron chi connectivity index (χ4n) is 6.82. The Kier molecular flexibility index (Phi) is 8.48. The van der Waals surface area contributed by atoms with Crippen molar-refractivity contribution in [3.8, 4) is 11.1 Å². The van der Waals surface area contributed by atoms with Crippen molar-refractivity contribution in [3.63, 3.8) is 0 Å². The van der Waals surface area contributed by atoms with Crippen LogP contribution in [0, 0.1) is 27.7 Å². The average Bonchev–Trinajstić information content (AvgIpc) is 3.05. The molecule has 0 saturated carbocycles. The number of benzene rings is 5. The summed E-state index contributed by atoms with van der Waals surface area (Å²) in [5, 5.41) is 30.0. The van der Waals surface area contributed by atoms with E-state index in [9.17, 15) is 28.2 Å². The molecule has 3 N–H and O–H groups in total. The third kappa shape index (κ3) is 6.04. The number of aromatic carboxylic acids is 1. The Morgan fingerprint density at radius 2 is 1.31 bits per heavy atom. The third-order valence-electron chi connectivity index (χ3n) is 9.53. The molecule has 1 saturated heterocycles. The predicted molar refractivity (Wildman–Crippen MR) is 196 cm³/mol. The topological polar surface area (TPSA) is 150 Å². The van der Waals surface area contributed by atoms with Gasteiger partial charge in [-0.2, -0.15) is 4.31 Å². The minimum atomic E-state index is -3.99. The van der Waals surface area contributed by atoms with Crippen molar-refractivity contribution in [2.45, 2.75) is 45.1 Å². The van der Waals surface area contributed by atoms with E-state index in [2.05, 4.69) is 10.6 Å². The molecule has 258 valence electrons. The van der Waals surface area contributed by atoms with Gasteiger partial charge in [0.25, 0.3) is 0 Å². The number of rotatable bonds is 9. The molecule has 1 fully saturated rings. The predicted octanol–water partition coefficient (Wildman–Crippen LogP) is 7.47. The van der Waals surface area contributed by atoms with Crippen LogP contribution in [-0.4, -0.2) is 42.4 Å². The Labute approximate surface area is 295 Å². The Hall–Kier alpha value is -5.78. The number of nitrogens with zero attached hydrogens (tertiary/aromatic N) is 1. The number of hydrogen-bond donors (Lipinski definition) is 3. The fraction of sp³-hybridized carbons (Fsp3) is 0.175. The van der Waals surface area contributed by atoms with E-state index in [0.29, 0.717) is 50.2 Å². The normalized spacial score (nSPS) is 14.7. The van der Waals surface area contributed by atoms with Crippen molar-refractivity contribution < 1.29 is 32.6 Å². The summed E-state index contributed by atoms with van der Waals surface area (Å²) < 4.78 is 34.2. The maximum Gasteiger partial charge on any atom is 0.363 e. The second-order valence-electron chi connectivity index (χ2n) is 12.9. The molecule has 1 unspecified atom stereocenters. The largest absolute Gasteiger partial charge is 0.545 e. The molecule has 11 heteroatoms. The molecule has 51 heavy (non-hydrogen) atoms. The molecule has 5 aromatic carbocycles. The van der Waals surface area contributed by atoms with Crippen LogP contribution in [0.4, 0.5) is 22.7 Å². The lowest BCUT2D eigenvalue weighted by molar-refractivity contribution is -0.254. The highest BCUT2D eigenvalue weighted by Gasteiger charge is 2.43. The van der Waals surface area contributed by atoms with E-state index in [4.69, 9.17) is 4.42 Å². The number of carboxylic acid groups (broad SMARTS) is 2. The monoisotopic (exact) mass is 701 g/mol. The lowest BCUT2D eigenvalue weighted by Gasteiger charge is -2.36. The van der Waals surface area contributed by atoms with Gasteiger partial charge in [0.15, 0.2) is 0 Å². The molecule has 0 amide bonds. The summed E-state index contributed by atoms with van der Waals surface area (Å²) in [6, 6.07) is 26.1. The van der Waals surface area contributed by atoms with E-state index in [-0.39, 0.29) is 23.4 Å². The maximum atomic E-state index is 13.3. The molecule has 1 aliphatic rings. The molecule has 2 heterocycles. The highest BCUT2D eigenvalue weighted by atomic mass is 32.2. The molecule has 1 atom stereocenters. The van der Waals surface area contributed by atoms with Gasteiger partial charge in [-0.05, 0) is 98.3 Å². The number of carboxylic acids is 2. The first kappa shape index (κ1) is 33.7. The van der Waals surface area contributed by atoms with Crippen LogP contribution >= 0.6 is 0 Å². The zero-order valence-electron chi connectivity index (χ0n) is 28.4. The van der Waals surface area contributed by atoms with Crippen LogP contribution in [0.2, 0.25) is 0 Å². The summed E-state index contributed by atoms with van der Waals surface area (Å²) in [4.78, 5) is 23.8. The molecule has 7 rings (SSSR count). The average molecular weight is 702 g/mol. The van der Waals surface area contributed by atoms with Crippen LogP contribution in [-0.2, 0) is 14.8 Å². The summed E-state index contributed by atoms with van der Waals surface area (Å²) in [5.74, 6) is -2.45. The van der Waals surface area contributed by atoms with E-state index >= 15 is 0 Å². The number of para-hydroxylation sites is 1. The van der Waals surface area contributed by atoms with Crippen molar-refractivity contribution in [1.82, 2.24) is 4.31 Å². The first-order chi connectivity index (χ1) is 24.3. The molecule has 6 aromatic rings. The van der Waals surface area contributed by atoms with Crippen LogP contribution in [0.1, 0.15) is 39.0 Å². The van der Waals surface area contributed by atoms with E-state index in [1.165, 1.54) is 6.07 Å². The van der Waals surface area contributed by atoms with Crippen molar-refractivity contribution >= 4 is 66.6 Å². The summed E-state index contributed by atoms with van der Waals surface area (Å²) in [6.45, 7) is 7.81. The zero-order valence-corrected chi connectivity index (χ0v) is 29.2. The maximum absolute atomic E-state index is 13.3. The van der Waals surface area contributed by atoms with Gasteiger partial charge in [-0.1, -0.05) is 42.5 Å². The number of hydrogen-bond acceptors (Lipinski definition) is 7. The van der Waals surface area contributed by atoms with Gasteiger partial charge in [0.2, 0.25) is 10.0 Å². The highest BCUT2D eigenvalue weighted by molar-refractivity contribution is 7.89. The van der Waals surface area contributed by atoms with E-state index in [1.807, 2.05) is 68.4 Å². The molecular weight excluding hydrogens is 667 g/mol. The number of fused-ring (bicyclic) bond motifs is 2. The second kappa shape index (κ2) is 12.8.